The molecule has 0 heterocycles. The van der Waals surface area contributed by atoms with Gasteiger partial charge in [0.1, 0.15) is 5.82 Å². The number of amides is 1. The molecule has 0 aliphatic carbocycles. The molecule has 2 rings (SSSR count). The molecule has 0 atom stereocenters. The highest BCUT2D eigenvalue weighted by atomic mass is 79.9. The maximum atomic E-state index is 13.6. The van der Waals surface area contributed by atoms with Crippen LogP contribution in [0.15, 0.2) is 40.9 Å². The number of rotatable bonds is 3. The Bertz CT molecular complexity index is 737. The van der Waals surface area contributed by atoms with Crippen molar-refractivity contribution in [3.63, 3.8) is 0 Å². The molecule has 0 spiro atoms. The van der Waals surface area contributed by atoms with Crippen LogP contribution < -0.4 is 11.1 Å². The van der Waals surface area contributed by atoms with Crippen LogP contribution in [-0.2, 0) is 0 Å². The lowest BCUT2D eigenvalue weighted by Crippen LogP contribution is -2.15. The first-order valence-electron chi connectivity index (χ1n) is 5.69. The van der Waals surface area contributed by atoms with Crippen LogP contribution in [0.1, 0.15) is 10.4 Å². The molecule has 2 aromatic carbocycles. The van der Waals surface area contributed by atoms with Gasteiger partial charge < -0.3 is 11.1 Å². The lowest BCUT2D eigenvalue weighted by atomic mass is 10.1. The van der Waals surface area contributed by atoms with E-state index < -0.39 is 16.6 Å². The van der Waals surface area contributed by atoms with Crippen molar-refractivity contribution in [1.29, 1.82) is 0 Å². The average Bonchev–Trinajstić information content (AvgIpc) is 2.43. The van der Waals surface area contributed by atoms with Crippen molar-refractivity contribution >= 4 is 38.9 Å². The van der Waals surface area contributed by atoms with E-state index in [-0.39, 0.29) is 22.6 Å². The highest BCUT2D eigenvalue weighted by Gasteiger charge is 2.16. The molecule has 108 valence electrons. The fourth-order valence-electron chi connectivity index (χ4n) is 1.64. The normalized spacial score (nSPS) is 10.2. The lowest BCUT2D eigenvalue weighted by Gasteiger charge is -2.08. The summed E-state index contributed by atoms with van der Waals surface area (Å²) in [6.45, 7) is 0. The molecule has 0 saturated heterocycles. The van der Waals surface area contributed by atoms with Crippen LogP contribution in [0.4, 0.5) is 21.5 Å². The summed E-state index contributed by atoms with van der Waals surface area (Å²) in [4.78, 5) is 22.1. The Kier molecular flexibility index (Phi) is 4.18. The molecule has 21 heavy (non-hydrogen) atoms. The van der Waals surface area contributed by atoms with E-state index in [0.717, 1.165) is 6.07 Å². The summed E-state index contributed by atoms with van der Waals surface area (Å²) in [5.74, 6) is -1.36. The predicted octanol–water partition coefficient (Wildman–Crippen LogP) is 3.33. The van der Waals surface area contributed by atoms with Gasteiger partial charge >= 0.3 is 0 Å². The smallest absolute Gasteiger partial charge is 0.270 e. The molecule has 1 amide bonds. The number of nitrogens with two attached hydrogens (primary N) is 1. The number of carbonyl (C=O) groups excluding carboxylic acids is 1. The molecule has 6 nitrogen and oxygen atoms in total. The molecular weight excluding hydrogens is 345 g/mol. The van der Waals surface area contributed by atoms with Crippen LogP contribution in [0.25, 0.3) is 0 Å². The van der Waals surface area contributed by atoms with Crippen molar-refractivity contribution in [1.82, 2.24) is 0 Å². The second kappa shape index (κ2) is 5.88. The first-order valence-corrected chi connectivity index (χ1v) is 6.48. The van der Waals surface area contributed by atoms with Crippen molar-refractivity contribution in [2.24, 2.45) is 0 Å². The second-order valence-corrected chi connectivity index (χ2v) is 5.02. The third-order valence-corrected chi connectivity index (χ3v) is 3.16. The zero-order valence-electron chi connectivity index (χ0n) is 10.5. The summed E-state index contributed by atoms with van der Waals surface area (Å²) in [5, 5.41) is 13.0. The maximum Gasteiger partial charge on any atom is 0.270 e. The van der Waals surface area contributed by atoms with Gasteiger partial charge in [-0.1, -0.05) is 15.9 Å². The van der Waals surface area contributed by atoms with Gasteiger partial charge in [-0.15, -0.1) is 0 Å². The summed E-state index contributed by atoms with van der Waals surface area (Å²) < 4.78 is 14.2. The Morgan fingerprint density at radius 3 is 2.67 bits per heavy atom. The Morgan fingerprint density at radius 1 is 1.29 bits per heavy atom. The average molecular weight is 354 g/mol. The minimum absolute atomic E-state index is 0.0553. The highest BCUT2D eigenvalue weighted by Crippen LogP contribution is 2.23. The number of nitro benzene ring substituents is 1. The number of non-ortho nitro benzene ring substituents is 1. The van der Waals surface area contributed by atoms with E-state index in [2.05, 4.69) is 21.2 Å². The monoisotopic (exact) mass is 353 g/mol. The standard InChI is InChI=1S/C13H9BrFN3O3/c14-7-1-3-10(15)12(5-7)17-13(19)9-6-8(18(20)21)2-4-11(9)16/h1-6H,16H2,(H,17,19). The number of nitro groups is 1. The quantitative estimate of drug-likeness (QED) is 0.502. The fraction of sp³-hybridized carbons (Fsp3) is 0. The van der Waals surface area contributed by atoms with Crippen LogP contribution in [0.3, 0.4) is 0 Å². The van der Waals surface area contributed by atoms with Gasteiger partial charge in [0.25, 0.3) is 11.6 Å². The van der Waals surface area contributed by atoms with Crippen LogP contribution in [0.2, 0.25) is 0 Å². The van der Waals surface area contributed by atoms with Gasteiger partial charge in [0.05, 0.1) is 16.2 Å². The topological polar surface area (TPSA) is 98.3 Å². The van der Waals surface area contributed by atoms with E-state index in [1.54, 1.807) is 0 Å². The zero-order chi connectivity index (χ0) is 15.6. The first kappa shape index (κ1) is 14.9. The molecule has 2 aromatic rings. The number of hydrogen-bond acceptors (Lipinski definition) is 4. The Balaban J connectivity index is 2.34. The van der Waals surface area contributed by atoms with Crippen LogP contribution >= 0.6 is 15.9 Å². The molecular formula is C13H9BrFN3O3. The molecule has 0 saturated carbocycles. The van der Waals surface area contributed by atoms with E-state index >= 15 is 0 Å². The van der Waals surface area contributed by atoms with E-state index in [9.17, 15) is 19.3 Å². The van der Waals surface area contributed by atoms with Crippen molar-refractivity contribution in [2.45, 2.75) is 0 Å². The van der Waals surface area contributed by atoms with Crippen LogP contribution in [0.5, 0.6) is 0 Å². The summed E-state index contributed by atoms with van der Waals surface area (Å²) in [5.41, 5.74) is 5.27. The van der Waals surface area contributed by atoms with E-state index in [1.165, 1.54) is 30.3 Å². The minimum atomic E-state index is -0.729. The molecule has 8 heteroatoms. The fourth-order valence-corrected chi connectivity index (χ4v) is 2.00. The van der Waals surface area contributed by atoms with Crippen molar-refractivity contribution in [3.05, 3.63) is 62.4 Å². The Morgan fingerprint density at radius 2 is 2.00 bits per heavy atom. The van der Waals surface area contributed by atoms with Crippen LogP contribution in [-0.4, -0.2) is 10.8 Å². The zero-order valence-corrected chi connectivity index (χ0v) is 12.1. The lowest BCUT2D eigenvalue weighted by molar-refractivity contribution is -0.384. The second-order valence-electron chi connectivity index (χ2n) is 4.11. The van der Waals surface area contributed by atoms with Gasteiger partial charge in [-0.05, 0) is 24.3 Å². The molecule has 0 radical (unpaired) electrons. The molecule has 3 N–H and O–H groups in total. The third kappa shape index (κ3) is 3.34. The summed E-state index contributed by atoms with van der Waals surface area (Å²) in [7, 11) is 0. The van der Waals surface area contributed by atoms with Crippen molar-refractivity contribution in [3.8, 4) is 0 Å². The number of nitrogens with one attached hydrogen (secondary N) is 1. The molecule has 0 aromatic heterocycles. The number of hydrogen-bond donors (Lipinski definition) is 2. The van der Waals surface area contributed by atoms with Crippen LogP contribution in [0, 0.1) is 15.9 Å². The molecule has 0 unspecified atom stereocenters. The van der Waals surface area contributed by atoms with Gasteiger partial charge in [0, 0.05) is 22.3 Å². The number of nitrogens with zero attached hydrogens (tertiary/aromatic N) is 1. The molecule has 0 aliphatic rings. The summed E-state index contributed by atoms with van der Waals surface area (Å²) in [6, 6.07) is 7.51. The predicted molar refractivity (Wildman–Crippen MR) is 79.6 cm³/mol. The molecule has 0 aliphatic heterocycles. The van der Waals surface area contributed by atoms with Gasteiger partial charge in [-0.25, -0.2) is 4.39 Å². The van der Waals surface area contributed by atoms with E-state index in [0.29, 0.717) is 4.47 Å². The number of anilines is 2. The molecule has 0 fully saturated rings. The van der Waals surface area contributed by atoms with Crippen molar-refractivity contribution in [2.75, 3.05) is 11.1 Å². The molecule has 0 bridgehead atoms. The largest absolute Gasteiger partial charge is 0.398 e. The van der Waals surface area contributed by atoms with E-state index in [1.807, 2.05) is 0 Å². The summed E-state index contributed by atoms with van der Waals surface area (Å²) in [6.07, 6.45) is 0. The van der Waals surface area contributed by atoms with Gasteiger partial charge in [-0.3, -0.25) is 14.9 Å². The number of carbonyl (C=O) groups is 1. The first-order chi connectivity index (χ1) is 9.88. The SMILES string of the molecule is Nc1ccc([N+](=O)[O-])cc1C(=O)Nc1cc(Br)ccc1F. The van der Waals surface area contributed by atoms with Gasteiger partial charge in [0.15, 0.2) is 0 Å². The number of nitrogen functional groups attached to an aromatic ring is 1. The van der Waals surface area contributed by atoms with E-state index in [4.69, 9.17) is 5.73 Å². The van der Waals surface area contributed by atoms with Crippen molar-refractivity contribution < 1.29 is 14.1 Å². The number of halogens is 2. The number of benzene rings is 2. The minimum Gasteiger partial charge on any atom is -0.398 e. The van der Waals surface area contributed by atoms with Gasteiger partial charge in [-0.2, -0.15) is 0 Å². The Hall–Kier alpha value is -2.48. The van der Waals surface area contributed by atoms with Gasteiger partial charge in [0.2, 0.25) is 0 Å². The summed E-state index contributed by atoms with van der Waals surface area (Å²) >= 11 is 3.16. The third-order valence-electron chi connectivity index (χ3n) is 2.67. The maximum absolute atomic E-state index is 13.6. The Labute approximate surface area is 127 Å². The highest BCUT2D eigenvalue weighted by molar-refractivity contribution is 9.10.